The SMILES string of the molecule is CCc1nn(-c2ccccc2)c(Oc2ccccc2OC)c1CN(C(=O)c1ccc(F)cc1)C1CC1. The largest absolute Gasteiger partial charge is 0.493 e. The number of ether oxygens (including phenoxy) is 2. The molecule has 0 unspecified atom stereocenters. The topological polar surface area (TPSA) is 56.6 Å². The number of amides is 1. The number of hydrogen-bond acceptors (Lipinski definition) is 4. The van der Waals surface area contributed by atoms with Crippen LogP contribution in [0.1, 0.15) is 41.4 Å². The Labute approximate surface area is 209 Å². The van der Waals surface area contributed by atoms with E-state index in [0.29, 0.717) is 35.9 Å². The zero-order valence-electron chi connectivity index (χ0n) is 20.4. The molecule has 0 radical (unpaired) electrons. The van der Waals surface area contributed by atoms with E-state index in [2.05, 4.69) is 0 Å². The number of nitrogens with zero attached hydrogens (tertiary/aromatic N) is 3. The monoisotopic (exact) mass is 485 g/mol. The molecule has 0 N–H and O–H groups in total. The van der Waals surface area contributed by atoms with Crippen molar-refractivity contribution in [3.05, 3.63) is 102 Å². The number of halogens is 1. The van der Waals surface area contributed by atoms with Gasteiger partial charge in [0.25, 0.3) is 5.91 Å². The average molecular weight is 486 g/mol. The molecule has 1 aromatic heterocycles. The summed E-state index contributed by atoms with van der Waals surface area (Å²) >= 11 is 0. The summed E-state index contributed by atoms with van der Waals surface area (Å²) in [5.41, 5.74) is 3.01. The summed E-state index contributed by atoms with van der Waals surface area (Å²) in [6.45, 7) is 2.37. The molecule has 1 amide bonds. The fourth-order valence-electron chi connectivity index (χ4n) is 4.26. The summed E-state index contributed by atoms with van der Waals surface area (Å²) in [6.07, 6.45) is 2.54. The third-order valence-electron chi connectivity index (χ3n) is 6.30. The lowest BCUT2D eigenvalue weighted by molar-refractivity contribution is 0.0728. The van der Waals surface area contributed by atoms with Crippen LogP contribution in [-0.4, -0.2) is 33.7 Å². The van der Waals surface area contributed by atoms with Gasteiger partial charge in [0.15, 0.2) is 11.5 Å². The second kappa shape index (κ2) is 10.2. The number of aromatic nitrogens is 2. The minimum atomic E-state index is -0.366. The van der Waals surface area contributed by atoms with Gasteiger partial charge in [0.05, 0.1) is 30.6 Å². The van der Waals surface area contributed by atoms with E-state index in [0.717, 1.165) is 29.8 Å². The van der Waals surface area contributed by atoms with E-state index in [1.165, 1.54) is 24.3 Å². The number of carbonyl (C=O) groups is 1. The summed E-state index contributed by atoms with van der Waals surface area (Å²) < 4.78 is 27.3. The standard InChI is InChI=1S/C29H28FN3O3/c1-3-25-24(19-32(22-17-18-22)28(34)20-13-15-21(30)16-14-20)29(33(31-25)23-9-5-4-6-10-23)36-27-12-8-7-11-26(27)35-2/h4-16,22H,3,17-19H2,1-2H3. The number of hydrogen-bond donors (Lipinski definition) is 0. The lowest BCUT2D eigenvalue weighted by Crippen LogP contribution is -2.33. The third-order valence-corrected chi connectivity index (χ3v) is 6.30. The average Bonchev–Trinajstić information content (AvgIpc) is 3.70. The molecule has 1 heterocycles. The predicted octanol–water partition coefficient (Wildman–Crippen LogP) is 6.18. The molecule has 0 saturated heterocycles. The van der Waals surface area contributed by atoms with Crippen LogP contribution in [0.25, 0.3) is 5.69 Å². The van der Waals surface area contributed by atoms with Crippen molar-refractivity contribution in [1.82, 2.24) is 14.7 Å². The second-order valence-electron chi connectivity index (χ2n) is 8.76. The van der Waals surface area contributed by atoms with E-state index in [4.69, 9.17) is 14.6 Å². The van der Waals surface area contributed by atoms with E-state index in [1.54, 1.807) is 11.8 Å². The van der Waals surface area contributed by atoms with Gasteiger partial charge in [0.2, 0.25) is 5.88 Å². The molecule has 4 aromatic rings. The van der Waals surface area contributed by atoms with Crippen LogP contribution in [0, 0.1) is 5.82 Å². The molecule has 1 saturated carbocycles. The Morgan fingerprint density at radius 3 is 2.31 bits per heavy atom. The fourth-order valence-corrected chi connectivity index (χ4v) is 4.26. The Hall–Kier alpha value is -4.13. The Bertz CT molecular complexity index is 1350. The Morgan fingerprint density at radius 1 is 1.00 bits per heavy atom. The van der Waals surface area contributed by atoms with Crippen LogP contribution >= 0.6 is 0 Å². The molecule has 7 heteroatoms. The number of carbonyl (C=O) groups excluding carboxylic acids is 1. The van der Waals surface area contributed by atoms with Crippen molar-refractivity contribution in [2.24, 2.45) is 0 Å². The number of benzene rings is 3. The molecule has 1 aliphatic rings. The maximum absolute atomic E-state index is 13.5. The molecule has 0 atom stereocenters. The van der Waals surface area contributed by atoms with Crippen LogP contribution < -0.4 is 9.47 Å². The molecule has 36 heavy (non-hydrogen) atoms. The first-order valence-corrected chi connectivity index (χ1v) is 12.1. The Balaban J connectivity index is 1.59. The van der Waals surface area contributed by atoms with E-state index in [1.807, 2.05) is 66.4 Å². The summed E-state index contributed by atoms with van der Waals surface area (Å²) in [7, 11) is 1.60. The maximum atomic E-state index is 13.5. The molecular weight excluding hydrogens is 457 g/mol. The highest BCUT2D eigenvalue weighted by atomic mass is 19.1. The molecule has 1 fully saturated rings. The Kier molecular flexibility index (Phi) is 6.71. The van der Waals surface area contributed by atoms with Crippen LogP contribution in [0.4, 0.5) is 4.39 Å². The first kappa shape index (κ1) is 23.6. The highest BCUT2D eigenvalue weighted by Crippen LogP contribution is 2.38. The first-order chi connectivity index (χ1) is 17.6. The number of methoxy groups -OCH3 is 1. The van der Waals surface area contributed by atoms with Gasteiger partial charge in [-0.15, -0.1) is 0 Å². The molecule has 0 spiro atoms. The van der Waals surface area contributed by atoms with Gasteiger partial charge in [-0.2, -0.15) is 5.10 Å². The van der Waals surface area contributed by atoms with Crippen molar-refractivity contribution < 1.29 is 18.7 Å². The van der Waals surface area contributed by atoms with Gasteiger partial charge in [-0.05, 0) is 67.8 Å². The van der Waals surface area contributed by atoms with Crippen LogP contribution in [0.2, 0.25) is 0 Å². The van der Waals surface area contributed by atoms with Crippen molar-refractivity contribution in [2.45, 2.75) is 38.8 Å². The van der Waals surface area contributed by atoms with Crippen molar-refractivity contribution in [2.75, 3.05) is 7.11 Å². The van der Waals surface area contributed by atoms with E-state index < -0.39 is 0 Å². The van der Waals surface area contributed by atoms with Gasteiger partial charge in [-0.1, -0.05) is 37.3 Å². The highest BCUT2D eigenvalue weighted by Gasteiger charge is 2.35. The number of rotatable bonds is 9. The highest BCUT2D eigenvalue weighted by molar-refractivity contribution is 5.94. The van der Waals surface area contributed by atoms with Crippen LogP contribution in [0.5, 0.6) is 17.4 Å². The van der Waals surface area contributed by atoms with Crippen molar-refractivity contribution in [1.29, 1.82) is 0 Å². The van der Waals surface area contributed by atoms with Gasteiger partial charge >= 0.3 is 0 Å². The van der Waals surface area contributed by atoms with E-state index >= 15 is 0 Å². The normalized spacial score (nSPS) is 12.9. The van der Waals surface area contributed by atoms with Crippen molar-refractivity contribution in [3.8, 4) is 23.1 Å². The summed E-state index contributed by atoms with van der Waals surface area (Å²) in [6, 6.07) is 23.1. The zero-order valence-corrected chi connectivity index (χ0v) is 20.4. The van der Waals surface area contributed by atoms with Crippen LogP contribution in [-0.2, 0) is 13.0 Å². The molecule has 3 aromatic carbocycles. The number of para-hydroxylation sites is 3. The smallest absolute Gasteiger partial charge is 0.254 e. The second-order valence-corrected chi connectivity index (χ2v) is 8.76. The predicted molar refractivity (Wildman–Crippen MR) is 135 cm³/mol. The van der Waals surface area contributed by atoms with Crippen LogP contribution in [0.15, 0.2) is 78.9 Å². The summed E-state index contributed by atoms with van der Waals surface area (Å²) in [5, 5.41) is 4.89. The Morgan fingerprint density at radius 2 is 1.67 bits per heavy atom. The first-order valence-electron chi connectivity index (χ1n) is 12.1. The van der Waals surface area contributed by atoms with Gasteiger partial charge in [-0.25, -0.2) is 9.07 Å². The number of aryl methyl sites for hydroxylation is 1. The third kappa shape index (κ3) is 4.82. The molecule has 1 aliphatic carbocycles. The minimum absolute atomic E-state index is 0.129. The fraction of sp³-hybridized carbons (Fsp3) is 0.241. The van der Waals surface area contributed by atoms with Crippen molar-refractivity contribution in [3.63, 3.8) is 0 Å². The van der Waals surface area contributed by atoms with E-state index in [9.17, 15) is 9.18 Å². The quantitative estimate of drug-likeness (QED) is 0.284. The molecule has 6 nitrogen and oxygen atoms in total. The maximum Gasteiger partial charge on any atom is 0.254 e. The minimum Gasteiger partial charge on any atom is -0.493 e. The van der Waals surface area contributed by atoms with Gasteiger partial charge < -0.3 is 14.4 Å². The lowest BCUT2D eigenvalue weighted by Gasteiger charge is -2.23. The molecule has 184 valence electrons. The molecule has 0 aliphatic heterocycles. The van der Waals surface area contributed by atoms with Crippen molar-refractivity contribution >= 4 is 5.91 Å². The van der Waals surface area contributed by atoms with Gasteiger partial charge in [0, 0.05) is 11.6 Å². The summed E-state index contributed by atoms with van der Waals surface area (Å²) in [5.74, 6) is 1.21. The lowest BCUT2D eigenvalue weighted by atomic mass is 10.1. The molecule has 0 bridgehead atoms. The van der Waals surface area contributed by atoms with Crippen LogP contribution in [0.3, 0.4) is 0 Å². The summed E-state index contributed by atoms with van der Waals surface area (Å²) in [4.78, 5) is 15.4. The van der Waals surface area contributed by atoms with Gasteiger partial charge in [-0.3, -0.25) is 4.79 Å². The zero-order chi connectivity index (χ0) is 25.1. The van der Waals surface area contributed by atoms with Gasteiger partial charge in [0.1, 0.15) is 5.82 Å². The molecular formula is C29H28FN3O3. The van der Waals surface area contributed by atoms with E-state index in [-0.39, 0.29) is 17.8 Å². The molecule has 5 rings (SSSR count).